The van der Waals surface area contributed by atoms with Gasteiger partial charge in [-0.3, -0.25) is 4.79 Å². The lowest BCUT2D eigenvalue weighted by molar-refractivity contribution is -0.140. The van der Waals surface area contributed by atoms with Gasteiger partial charge in [0.25, 0.3) is 0 Å². The summed E-state index contributed by atoms with van der Waals surface area (Å²) in [6.45, 7) is 2.61. The largest absolute Gasteiger partial charge is 0.469 e. The number of pyridine rings is 1. The summed E-state index contributed by atoms with van der Waals surface area (Å²) in [5.74, 6) is 0.705. The van der Waals surface area contributed by atoms with Crippen LogP contribution in [0.15, 0.2) is 18.3 Å². The molecule has 0 amide bonds. The van der Waals surface area contributed by atoms with Crippen molar-refractivity contribution in [3.63, 3.8) is 0 Å². The number of aromatic nitrogens is 1. The van der Waals surface area contributed by atoms with Gasteiger partial charge in [-0.15, -0.1) is 0 Å². The molecule has 1 heterocycles. The summed E-state index contributed by atoms with van der Waals surface area (Å²) < 4.78 is 4.58. The number of methoxy groups -OCH3 is 1. The van der Waals surface area contributed by atoms with Crippen LogP contribution in [0.25, 0.3) is 0 Å². The lowest BCUT2D eigenvalue weighted by atomic mass is 10.2. The van der Waals surface area contributed by atoms with Crippen LogP contribution in [0.5, 0.6) is 0 Å². The molecule has 0 aliphatic carbocycles. The molecule has 1 aromatic heterocycles. The van der Waals surface area contributed by atoms with Gasteiger partial charge in [-0.1, -0.05) is 6.07 Å². The van der Waals surface area contributed by atoms with E-state index in [4.69, 9.17) is 0 Å². The summed E-state index contributed by atoms with van der Waals surface area (Å²) in [5, 5.41) is 0. The summed E-state index contributed by atoms with van der Waals surface area (Å²) in [6.07, 6.45) is 2.12. The minimum atomic E-state index is -0.199. The second-order valence-corrected chi connectivity index (χ2v) is 3.39. The molecule has 4 nitrogen and oxygen atoms in total. The quantitative estimate of drug-likeness (QED) is 0.701. The zero-order chi connectivity index (χ0) is 11.3. The number of ether oxygens (including phenoxy) is 1. The fourth-order valence-corrected chi connectivity index (χ4v) is 1.34. The summed E-state index contributed by atoms with van der Waals surface area (Å²) in [6, 6.07) is 3.89. The average Bonchev–Trinajstić information content (AvgIpc) is 2.26. The van der Waals surface area contributed by atoms with E-state index in [0.29, 0.717) is 13.0 Å². The predicted molar refractivity (Wildman–Crippen MR) is 58.9 cm³/mol. The minimum absolute atomic E-state index is 0.199. The molecule has 0 unspecified atom stereocenters. The number of anilines is 1. The van der Waals surface area contributed by atoms with Crippen LogP contribution < -0.4 is 4.90 Å². The molecule has 1 rings (SSSR count). The van der Waals surface area contributed by atoms with E-state index in [1.807, 2.05) is 31.0 Å². The molecule has 1 aromatic rings. The van der Waals surface area contributed by atoms with Crippen molar-refractivity contribution in [2.45, 2.75) is 13.3 Å². The smallest absolute Gasteiger partial charge is 0.307 e. The van der Waals surface area contributed by atoms with Gasteiger partial charge in [0.2, 0.25) is 0 Å². The van der Waals surface area contributed by atoms with E-state index in [0.717, 1.165) is 11.4 Å². The SMILES string of the molecule is COC(=O)CCN(C)c1ncccc1C. The van der Waals surface area contributed by atoms with Gasteiger partial charge in [0.15, 0.2) is 0 Å². The molecule has 0 aliphatic heterocycles. The highest BCUT2D eigenvalue weighted by Crippen LogP contribution is 2.13. The second kappa shape index (κ2) is 5.34. The van der Waals surface area contributed by atoms with Crippen molar-refractivity contribution < 1.29 is 9.53 Å². The Balaban J connectivity index is 2.57. The second-order valence-electron chi connectivity index (χ2n) is 3.39. The monoisotopic (exact) mass is 208 g/mol. The minimum Gasteiger partial charge on any atom is -0.469 e. The fraction of sp³-hybridized carbons (Fsp3) is 0.455. The number of hydrogen-bond donors (Lipinski definition) is 0. The molecule has 0 radical (unpaired) electrons. The van der Waals surface area contributed by atoms with Gasteiger partial charge in [-0.25, -0.2) is 4.98 Å². The molecule has 0 aromatic carbocycles. The predicted octanol–water partition coefficient (Wildman–Crippen LogP) is 1.39. The van der Waals surface area contributed by atoms with Crippen LogP contribution in [0, 0.1) is 6.92 Å². The van der Waals surface area contributed by atoms with Gasteiger partial charge in [0.1, 0.15) is 5.82 Å². The summed E-state index contributed by atoms with van der Waals surface area (Å²) in [5.41, 5.74) is 1.10. The van der Waals surface area contributed by atoms with E-state index in [-0.39, 0.29) is 5.97 Å². The number of carbonyl (C=O) groups excluding carboxylic acids is 1. The Bertz CT molecular complexity index is 339. The zero-order valence-electron chi connectivity index (χ0n) is 9.36. The van der Waals surface area contributed by atoms with Crippen molar-refractivity contribution in [2.24, 2.45) is 0 Å². The lowest BCUT2D eigenvalue weighted by Crippen LogP contribution is -2.23. The third kappa shape index (κ3) is 3.23. The number of esters is 1. The number of rotatable bonds is 4. The molecule has 0 spiro atoms. The van der Waals surface area contributed by atoms with E-state index < -0.39 is 0 Å². The Labute approximate surface area is 89.9 Å². The molecular weight excluding hydrogens is 192 g/mol. The first-order valence-electron chi connectivity index (χ1n) is 4.84. The summed E-state index contributed by atoms with van der Waals surface area (Å²) in [4.78, 5) is 17.2. The maximum absolute atomic E-state index is 11.0. The summed E-state index contributed by atoms with van der Waals surface area (Å²) >= 11 is 0. The van der Waals surface area contributed by atoms with Crippen LogP contribution in [0.3, 0.4) is 0 Å². The van der Waals surface area contributed by atoms with Crippen LogP contribution >= 0.6 is 0 Å². The molecule has 0 aliphatic rings. The Morgan fingerprint density at radius 2 is 2.33 bits per heavy atom. The van der Waals surface area contributed by atoms with E-state index >= 15 is 0 Å². The standard InChI is InChI=1S/C11H16N2O2/c1-9-5-4-7-12-11(9)13(2)8-6-10(14)15-3/h4-5,7H,6,8H2,1-3H3. The first-order chi connectivity index (χ1) is 7.15. The maximum Gasteiger partial charge on any atom is 0.307 e. The van der Waals surface area contributed by atoms with Gasteiger partial charge in [-0.2, -0.15) is 0 Å². The van der Waals surface area contributed by atoms with Crippen LogP contribution in [0.2, 0.25) is 0 Å². The maximum atomic E-state index is 11.0. The Morgan fingerprint density at radius 3 is 2.93 bits per heavy atom. The lowest BCUT2D eigenvalue weighted by Gasteiger charge is -2.19. The molecule has 15 heavy (non-hydrogen) atoms. The van der Waals surface area contributed by atoms with Crippen LogP contribution in [0.4, 0.5) is 5.82 Å². The van der Waals surface area contributed by atoms with Crippen molar-refractivity contribution in [3.05, 3.63) is 23.9 Å². The average molecular weight is 208 g/mol. The molecule has 4 heteroatoms. The van der Waals surface area contributed by atoms with Gasteiger partial charge >= 0.3 is 5.97 Å². The molecule has 0 N–H and O–H groups in total. The molecule has 0 saturated carbocycles. The van der Waals surface area contributed by atoms with Crippen LogP contribution in [-0.2, 0) is 9.53 Å². The molecule has 0 atom stereocenters. The third-order valence-electron chi connectivity index (χ3n) is 2.22. The number of carbonyl (C=O) groups is 1. The van der Waals surface area contributed by atoms with Gasteiger partial charge < -0.3 is 9.64 Å². The Morgan fingerprint density at radius 1 is 1.60 bits per heavy atom. The molecule has 0 fully saturated rings. The van der Waals surface area contributed by atoms with E-state index in [2.05, 4.69) is 9.72 Å². The normalized spacial score (nSPS) is 9.80. The number of aryl methyl sites for hydroxylation is 1. The fourth-order valence-electron chi connectivity index (χ4n) is 1.34. The highest BCUT2D eigenvalue weighted by Gasteiger charge is 2.07. The molecule has 0 bridgehead atoms. The van der Waals surface area contributed by atoms with Crippen molar-refractivity contribution in [1.82, 2.24) is 4.98 Å². The topological polar surface area (TPSA) is 42.4 Å². The summed E-state index contributed by atoms with van der Waals surface area (Å²) in [7, 11) is 3.31. The van der Waals surface area contributed by atoms with Gasteiger partial charge in [-0.05, 0) is 18.6 Å². The first-order valence-corrected chi connectivity index (χ1v) is 4.84. The van der Waals surface area contributed by atoms with Crippen molar-refractivity contribution in [1.29, 1.82) is 0 Å². The van der Waals surface area contributed by atoms with Gasteiger partial charge in [0, 0.05) is 19.8 Å². The number of hydrogen-bond acceptors (Lipinski definition) is 4. The molecule has 0 saturated heterocycles. The van der Waals surface area contributed by atoms with E-state index in [9.17, 15) is 4.79 Å². The molecule has 82 valence electrons. The number of nitrogens with zero attached hydrogens (tertiary/aromatic N) is 2. The van der Waals surface area contributed by atoms with Crippen molar-refractivity contribution in [3.8, 4) is 0 Å². The highest BCUT2D eigenvalue weighted by atomic mass is 16.5. The molecular formula is C11H16N2O2. The van der Waals surface area contributed by atoms with E-state index in [1.165, 1.54) is 7.11 Å². The third-order valence-corrected chi connectivity index (χ3v) is 2.22. The first kappa shape index (κ1) is 11.5. The highest BCUT2D eigenvalue weighted by molar-refractivity contribution is 5.69. The Kier molecular flexibility index (Phi) is 4.09. The van der Waals surface area contributed by atoms with E-state index in [1.54, 1.807) is 6.20 Å². The van der Waals surface area contributed by atoms with Crippen molar-refractivity contribution >= 4 is 11.8 Å². The van der Waals surface area contributed by atoms with Crippen molar-refractivity contribution in [2.75, 3.05) is 25.6 Å². The zero-order valence-corrected chi connectivity index (χ0v) is 9.36. The Hall–Kier alpha value is -1.58. The van der Waals surface area contributed by atoms with Crippen LogP contribution in [0.1, 0.15) is 12.0 Å². The van der Waals surface area contributed by atoms with Gasteiger partial charge in [0.05, 0.1) is 13.5 Å². The van der Waals surface area contributed by atoms with Crippen LogP contribution in [-0.4, -0.2) is 31.7 Å².